The number of nitrogens with zero attached hydrogens (tertiary/aromatic N) is 2. The smallest absolute Gasteiger partial charge is 0.244 e. The lowest BCUT2D eigenvalue weighted by Crippen LogP contribution is -2.23. The van der Waals surface area contributed by atoms with Gasteiger partial charge in [0.2, 0.25) is 10.0 Å². The Kier molecular flexibility index (Phi) is 5.65. The van der Waals surface area contributed by atoms with Gasteiger partial charge in [0.25, 0.3) is 0 Å². The van der Waals surface area contributed by atoms with Gasteiger partial charge in [0.1, 0.15) is 16.3 Å². The first-order chi connectivity index (χ1) is 14.6. The molecule has 1 aromatic heterocycles. The molecular weight excluding hydrogens is 398 g/mol. The molecule has 7 heteroatoms. The fourth-order valence-corrected chi connectivity index (χ4v) is 4.32. The summed E-state index contributed by atoms with van der Waals surface area (Å²) in [5.41, 5.74) is 2.65. The summed E-state index contributed by atoms with van der Waals surface area (Å²) in [5.74, 6) is 0.628. The van der Waals surface area contributed by atoms with Crippen LogP contribution < -0.4 is 9.46 Å². The Bertz CT molecular complexity index is 1240. The van der Waals surface area contributed by atoms with Crippen molar-refractivity contribution in [2.24, 2.45) is 0 Å². The molecule has 1 heterocycles. The molecule has 0 bridgehead atoms. The minimum Gasteiger partial charge on any atom is -0.496 e. The second-order valence-electron chi connectivity index (χ2n) is 6.62. The standard InChI is InChI=1S/C23H21N3O3S/c1-29-21-15-9-8-12-19(21)16-24-30(27,28)22-17-26(20-13-6-3-7-14-20)25-23(22)18-10-4-2-5-11-18/h2-15,17,24H,16H2,1H3. The average Bonchev–Trinajstić information content (AvgIpc) is 3.26. The summed E-state index contributed by atoms with van der Waals surface area (Å²) >= 11 is 0. The number of ether oxygens (including phenoxy) is 1. The SMILES string of the molecule is COc1ccccc1CNS(=O)(=O)c1cn(-c2ccccc2)nc1-c1ccccc1. The zero-order chi connectivity index (χ0) is 21.0. The fraction of sp³-hybridized carbons (Fsp3) is 0.0870. The van der Waals surface area contributed by atoms with E-state index in [1.54, 1.807) is 24.1 Å². The number of hydrogen-bond acceptors (Lipinski definition) is 4. The highest BCUT2D eigenvalue weighted by molar-refractivity contribution is 7.89. The van der Waals surface area contributed by atoms with Crippen LogP contribution in [-0.4, -0.2) is 25.3 Å². The molecule has 0 aliphatic heterocycles. The van der Waals surface area contributed by atoms with E-state index in [9.17, 15) is 8.42 Å². The van der Waals surface area contributed by atoms with Crippen LogP contribution in [-0.2, 0) is 16.6 Å². The molecule has 6 nitrogen and oxygen atoms in total. The van der Waals surface area contributed by atoms with Crippen molar-refractivity contribution in [2.75, 3.05) is 7.11 Å². The normalized spacial score (nSPS) is 11.4. The Morgan fingerprint density at radius 1 is 0.900 bits per heavy atom. The summed E-state index contributed by atoms with van der Waals surface area (Å²) in [6.45, 7) is 0.108. The van der Waals surface area contributed by atoms with E-state index in [4.69, 9.17) is 4.74 Å². The minimum atomic E-state index is -3.84. The first-order valence-corrected chi connectivity index (χ1v) is 10.9. The molecule has 3 aromatic carbocycles. The predicted octanol–water partition coefficient (Wildman–Crippen LogP) is 4.03. The topological polar surface area (TPSA) is 73.2 Å². The molecule has 4 aromatic rings. The van der Waals surface area contributed by atoms with E-state index in [2.05, 4.69) is 9.82 Å². The Labute approximate surface area is 175 Å². The molecule has 0 radical (unpaired) electrons. The van der Waals surface area contributed by atoms with Gasteiger partial charge in [0.15, 0.2) is 0 Å². The highest BCUT2D eigenvalue weighted by Gasteiger charge is 2.24. The van der Waals surface area contributed by atoms with Gasteiger partial charge in [0, 0.05) is 17.7 Å². The lowest BCUT2D eigenvalue weighted by Gasteiger charge is -2.10. The first-order valence-electron chi connectivity index (χ1n) is 9.40. The summed E-state index contributed by atoms with van der Waals surface area (Å²) in [6.07, 6.45) is 1.54. The largest absolute Gasteiger partial charge is 0.496 e. The van der Waals surface area contributed by atoms with Crippen LogP contribution in [0.4, 0.5) is 0 Å². The highest BCUT2D eigenvalue weighted by Crippen LogP contribution is 2.27. The molecular formula is C23H21N3O3S. The number of benzene rings is 3. The zero-order valence-electron chi connectivity index (χ0n) is 16.4. The summed E-state index contributed by atoms with van der Waals surface area (Å²) in [4.78, 5) is 0.118. The minimum absolute atomic E-state index is 0.108. The quantitative estimate of drug-likeness (QED) is 0.491. The molecule has 0 aliphatic rings. The monoisotopic (exact) mass is 419 g/mol. The van der Waals surface area contributed by atoms with Crippen molar-refractivity contribution in [1.82, 2.24) is 14.5 Å². The predicted molar refractivity (Wildman–Crippen MR) is 116 cm³/mol. The van der Waals surface area contributed by atoms with Crippen molar-refractivity contribution in [2.45, 2.75) is 11.4 Å². The van der Waals surface area contributed by atoms with E-state index in [1.807, 2.05) is 78.9 Å². The van der Waals surface area contributed by atoms with Crippen LogP contribution >= 0.6 is 0 Å². The van der Waals surface area contributed by atoms with Crippen LogP contribution in [0, 0.1) is 0 Å². The van der Waals surface area contributed by atoms with E-state index in [0.29, 0.717) is 11.4 Å². The van der Waals surface area contributed by atoms with Crippen LogP contribution in [0.2, 0.25) is 0 Å². The number of aromatic nitrogens is 2. The van der Waals surface area contributed by atoms with E-state index in [1.165, 1.54) is 0 Å². The number of para-hydroxylation sites is 2. The molecule has 0 saturated heterocycles. The summed E-state index contributed by atoms with van der Waals surface area (Å²) < 4.78 is 36.1. The second-order valence-corrected chi connectivity index (χ2v) is 8.36. The molecule has 0 aliphatic carbocycles. The lowest BCUT2D eigenvalue weighted by molar-refractivity contribution is 0.409. The van der Waals surface area contributed by atoms with Crippen molar-refractivity contribution >= 4 is 10.0 Å². The Hall–Kier alpha value is -3.42. The molecule has 0 atom stereocenters. The van der Waals surface area contributed by atoms with Gasteiger partial charge in [0.05, 0.1) is 19.0 Å². The highest BCUT2D eigenvalue weighted by atomic mass is 32.2. The maximum atomic E-state index is 13.2. The van der Waals surface area contributed by atoms with Gasteiger partial charge in [-0.05, 0) is 18.2 Å². The van der Waals surface area contributed by atoms with Gasteiger partial charge in [-0.25, -0.2) is 17.8 Å². The van der Waals surface area contributed by atoms with Crippen molar-refractivity contribution in [1.29, 1.82) is 0 Å². The number of methoxy groups -OCH3 is 1. The van der Waals surface area contributed by atoms with E-state index >= 15 is 0 Å². The third-order valence-corrected chi connectivity index (χ3v) is 6.09. The zero-order valence-corrected chi connectivity index (χ0v) is 17.2. The van der Waals surface area contributed by atoms with E-state index in [-0.39, 0.29) is 11.4 Å². The summed E-state index contributed by atoms with van der Waals surface area (Å²) in [7, 11) is -2.28. The Morgan fingerprint density at radius 3 is 2.23 bits per heavy atom. The van der Waals surface area contributed by atoms with Gasteiger partial charge >= 0.3 is 0 Å². The van der Waals surface area contributed by atoms with E-state index < -0.39 is 10.0 Å². The van der Waals surface area contributed by atoms with Gasteiger partial charge in [-0.15, -0.1) is 0 Å². The van der Waals surface area contributed by atoms with Crippen molar-refractivity contribution in [3.8, 4) is 22.7 Å². The van der Waals surface area contributed by atoms with E-state index in [0.717, 1.165) is 16.8 Å². The van der Waals surface area contributed by atoms with Crippen LogP contribution in [0.5, 0.6) is 5.75 Å². The Balaban J connectivity index is 1.73. The third kappa shape index (κ3) is 4.12. The maximum Gasteiger partial charge on any atom is 0.244 e. The van der Waals surface area contributed by atoms with Crippen molar-refractivity contribution < 1.29 is 13.2 Å². The van der Waals surface area contributed by atoms with Crippen LogP contribution in [0.1, 0.15) is 5.56 Å². The summed E-state index contributed by atoms with van der Waals surface area (Å²) in [5, 5.41) is 4.58. The summed E-state index contributed by atoms with van der Waals surface area (Å²) in [6, 6.07) is 26.0. The van der Waals surface area contributed by atoms with Crippen LogP contribution in [0.15, 0.2) is 96.0 Å². The third-order valence-electron chi connectivity index (χ3n) is 4.68. The Morgan fingerprint density at radius 2 is 1.53 bits per heavy atom. The fourth-order valence-electron chi connectivity index (χ4n) is 3.16. The molecule has 30 heavy (non-hydrogen) atoms. The lowest BCUT2D eigenvalue weighted by atomic mass is 10.2. The maximum absolute atomic E-state index is 13.2. The molecule has 0 amide bonds. The number of nitrogens with one attached hydrogen (secondary N) is 1. The molecule has 0 saturated carbocycles. The molecule has 0 fully saturated rings. The van der Waals surface area contributed by atoms with Crippen molar-refractivity contribution in [3.05, 3.63) is 96.7 Å². The number of hydrogen-bond donors (Lipinski definition) is 1. The van der Waals surface area contributed by atoms with Gasteiger partial charge < -0.3 is 4.74 Å². The van der Waals surface area contributed by atoms with Crippen LogP contribution in [0.3, 0.4) is 0 Å². The molecule has 4 rings (SSSR count). The number of sulfonamides is 1. The average molecular weight is 420 g/mol. The van der Waals surface area contributed by atoms with Crippen molar-refractivity contribution in [3.63, 3.8) is 0 Å². The molecule has 1 N–H and O–H groups in total. The first kappa shape index (κ1) is 19.9. The molecule has 152 valence electrons. The van der Waals surface area contributed by atoms with Crippen LogP contribution in [0.25, 0.3) is 16.9 Å². The number of rotatable bonds is 7. The van der Waals surface area contributed by atoms with Gasteiger partial charge in [-0.1, -0.05) is 66.7 Å². The second kappa shape index (κ2) is 8.52. The molecule has 0 unspecified atom stereocenters. The van der Waals surface area contributed by atoms with Gasteiger partial charge in [-0.3, -0.25) is 0 Å². The van der Waals surface area contributed by atoms with Gasteiger partial charge in [-0.2, -0.15) is 5.10 Å². The molecule has 0 spiro atoms.